The first-order chi connectivity index (χ1) is 8.28. The summed E-state index contributed by atoms with van der Waals surface area (Å²) in [4.78, 5) is 2.71. The van der Waals surface area contributed by atoms with Crippen LogP contribution in [0.15, 0.2) is 36.4 Å². The Kier molecular flexibility index (Phi) is 4.31. The van der Waals surface area contributed by atoms with Crippen molar-refractivity contribution in [1.82, 2.24) is 5.32 Å². The number of hydrogen-bond donors (Lipinski definition) is 2. The number of benzene rings is 1. The molecule has 0 amide bonds. The smallest absolute Gasteiger partial charge is 0.0681 e. The number of aliphatic hydroxyl groups excluding tert-OH is 1. The van der Waals surface area contributed by atoms with E-state index in [1.54, 1.807) is 0 Å². The summed E-state index contributed by atoms with van der Waals surface area (Å²) < 4.78 is 0. The molecule has 2 aromatic rings. The molecule has 0 spiro atoms. The van der Waals surface area contributed by atoms with Gasteiger partial charge in [-0.15, -0.1) is 11.3 Å². The fourth-order valence-corrected chi connectivity index (χ4v) is 2.61. The van der Waals surface area contributed by atoms with Gasteiger partial charge in [-0.25, -0.2) is 0 Å². The SMILES string of the molecule is Cc1ccc(CNCc2cccc(CO)c2)s1. The van der Waals surface area contributed by atoms with Crippen LogP contribution >= 0.6 is 11.3 Å². The highest BCUT2D eigenvalue weighted by Crippen LogP contribution is 2.14. The first kappa shape index (κ1) is 12.3. The summed E-state index contributed by atoms with van der Waals surface area (Å²) in [6.07, 6.45) is 0. The molecule has 1 heterocycles. The van der Waals surface area contributed by atoms with Crippen molar-refractivity contribution in [3.63, 3.8) is 0 Å². The Morgan fingerprint density at radius 1 is 1.12 bits per heavy atom. The summed E-state index contributed by atoms with van der Waals surface area (Å²) in [6.45, 7) is 3.98. The molecule has 2 N–H and O–H groups in total. The van der Waals surface area contributed by atoms with Gasteiger partial charge >= 0.3 is 0 Å². The van der Waals surface area contributed by atoms with Gasteiger partial charge in [0.2, 0.25) is 0 Å². The molecular weight excluding hydrogens is 230 g/mol. The Hall–Kier alpha value is -1.16. The molecule has 0 aliphatic rings. The number of thiophene rings is 1. The summed E-state index contributed by atoms with van der Waals surface area (Å²) in [7, 11) is 0. The average Bonchev–Trinajstić information content (AvgIpc) is 2.75. The van der Waals surface area contributed by atoms with Crippen LogP contribution in [-0.4, -0.2) is 5.11 Å². The van der Waals surface area contributed by atoms with Crippen LogP contribution in [-0.2, 0) is 19.7 Å². The zero-order chi connectivity index (χ0) is 12.1. The van der Waals surface area contributed by atoms with Gasteiger partial charge in [-0.2, -0.15) is 0 Å². The standard InChI is InChI=1S/C14H17NOS/c1-11-5-6-14(17-11)9-15-8-12-3-2-4-13(7-12)10-16/h2-7,15-16H,8-10H2,1H3. The molecule has 0 radical (unpaired) electrons. The maximum atomic E-state index is 9.05. The van der Waals surface area contributed by atoms with Gasteiger partial charge in [0, 0.05) is 22.8 Å². The Balaban J connectivity index is 1.85. The van der Waals surface area contributed by atoms with Gasteiger partial charge in [0.15, 0.2) is 0 Å². The van der Waals surface area contributed by atoms with Crippen LogP contribution < -0.4 is 5.32 Å². The molecule has 1 aromatic heterocycles. The second-order valence-electron chi connectivity index (χ2n) is 4.09. The number of aryl methyl sites for hydroxylation is 1. The van der Waals surface area contributed by atoms with Crippen LogP contribution in [0.25, 0.3) is 0 Å². The zero-order valence-corrected chi connectivity index (χ0v) is 10.8. The molecule has 3 heteroatoms. The van der Waals surface area contributed by atoms with E-state index in [4.69, 9.17) is 5.11 Å². The number of hydrogen-bond acceptors (Lipinski definition) is 3. The van der Waals surface area contributed by atoms with Gasteiger partial charge in [0.25, 0.3) is 0 Å². The Morgan fingerprint density at radius 2 is 1.94 bits per heavy atom. The Morgan fingerprint density at radius 3 is 2.65 bits per heavy atom. The van der Waals surface area contributed by atoms with Crippen LogP contribution in [0.2, 0.25) is 0 Å². The lowest BCUT2D eigenvalue weighted by Gasteiger charge is -2.05. The van der Waals surface area contributed by atoms with Gasteiger partial charge in [0.05, 0.1) is 6.61 Å². The van der Waals surface area contributed by atoms with E-state index in [0.29, 0.717) is 0 Å². The molecule has 0 fully saturated rings. The normalized spacial score (nSPS) is 10.7. The lowest BCUT2D eigenvalue weighted by Crippen LogP contribution is -2.11. The first-order valence-electron chi connectivity index (χ1n) is 5.72. The maximum Gasteiger partial charge on any atom is 0.0681 e. The van der Waals surface area contributed by atoms with E-state index < -0.39 is 0 Å². The predicted octanol–water partition coefficient (Wildman–Crippen LogP) is 2.84. The largest absolute Gasteiger partial charge is 0.392 e. The monoisotopic (exact) mass is 247 g/mol. The third-order valence-corrected chi connectivity index (χ3v) is 3.60. The molecule has 0 atom stereocenters. The highest BCUT2D eigenvalue weighted by atomic mass is 32.1. The summed E-state index contributed by atoms with van der Waals surface area (Å²) in [5.74, 6) is 0. The highest BCUT2D eigenvalue weighted by Gasteiger charge is 1.98. The van der Waals surface area contributed by atoms with E-state index in [1.807, 2.05) is 29.5 Å². The molecule has 0 aliphatic heterocycles. The van der Waals surface area contributed by atoms with Crippen LogP contribution in [0, 0.1) is 6.92 Å². The predicted molar refractivity (Wildman–Crippen MR) is 72.0 cm³/mol. The second-order valence-corrected chi connectivity index (χ2v) is 5.47. The van der Waals surface area contributed by atoms with Gasteiger partial charge < -0.3 is 10.4 Å². The van der Waals surface area contributed by atoms with Crippen LogP contribution in [0.5, 0.6) is 0 Å². The van der Waals surface area contributed by atoms with Gasteiger partial charge in [-0.05, 0) is 30.2 Å². The Bertz CT molecular complexity index is 479. The van der Waals surface area contributed by atoms with Gasteiger partial charge in [-0.1, -0.05) is 24.3 Å². The van der Waals surface area contributed by atoms with Gasteiger partial charge in [0.1, 0.15) is 0 Å². The van der Waals surface area contributed by atoms with Crippen molar-refractivity contribution in [2.24, 2.45) is 0 Å². The molecule has 0 unspecified atom stereocenters. The minimum absolute atomic E-state index is 0.109. The van der Waals surface area contributed by atoms with Crippen molar-refractivity contribution in [3.05, 3.63) is 57.3 Å². The molecule has 2 rings (SSSR count). The van der Waals surface area contributed by atoms with Crippen molar-refractivity contribution in [3.8, 4) is 0 Å². The second kappa shape index (κ2) is 5.96. The number of nitrogens with one attached hydrogen (secondary N) is 1. The fourth-order valence-electron chi connectivity index (χ4n) is 1.75. The minimum Gasteiger partial charge on any atom is -0.392 e. The van der Waals surface area contributed by atoms with E-state index in [1.165, 1.54) is 15.3 Å². The number of aliphatic hydroxyl groups is 1. The van der Waals surface area contributed by atoms with Crippen molar-refractivity contribution >= 4 is 11.3 Å². The van der Waals surface area contributed by atoms with E-state index in [-0.39, 0.29) is 6.61 Å². The fraction of sp³-hybridized carbons (Fsp3) is 0.286. The van der Waals surface area contributed by atoms with Gasteiger partial charge in [-0.3, -0.25) is 0 Å². The lowest BCUT2D eigenvalue weighted by atomic mass is 10.1. The molecule has 0 saturated carbocycles. The summed E-state index contributed by atoms with van der Waals surface area (Å²) in [5, 5.41) is 12.5. The number of rotatable bonds is 5. The van der Waals surface area contributed by atoms with Crippen molar-refractivity contribution in [1.29, 1.82) is 0 Å². The Labute approximate surface area is 106 Å². The molecule has 0 aliphatic carbocycles. The third-order valence-electron chi connectivity index (χ3n) is 2.60. The molecular formula is C14H17NOS. The van der Waals surface area contributed by atoms with E-state index in [2.05, 4.69) is 30.4 Å². The first-order valence-corrected chi connectivity index (χ1v) is 6.54. The highest BCUT2D eigenvalue weighted by molar-refractivity contribution is 7.11. The molecule has 2 nitrogen and oxygen atoms in total. The van der Waals surface area contributed by atoms with Crippen molar-refractivity contribution in [2.45, 2.75) is 26.6 Å². The van der Waals surface area contributed by atoms with Crippen molar-refractivity contribution < 1.29 is 5.11 Å². The molecule has 1 aromatic carbocycles. The van der Waals surface area contributed by atoms with Crippen molar-refractivity contribution in [2.75, 3.05) is 0 Å². The van der Waals surface area contributed by atoms with E-state index in [9.17, 15) is 0 Å². The molecule has 90 valence electrons. The van der Waals surface area contributed by atoms with Crippen LogP contribution in [0.4, 0.5) is 0 Å². The van der Waals surface area contributed by atoms with Crippen LogP contribution in [0.1, 0.15) is 20.9 Å². The third kappa shape index (κ3) is 3.66. The molecule has 17 heavy (non-hydrogen) atoms. The molecule has 0 saturated heterocycles. The summed E-state index contributed by atoms with van der Waals surface area (Å²) in [6, 6.07) is 12.3. The van der Waals surface area contributed by atoms with Crippen LogP contribution in [0.3, 0.4) is 0 Å². The minimum atomic E-state index is 0.109. The molecule has 0 bridgehead atoms. The average molecular weight is 247 g/mol. The van der Waals surface area contributed by atoms with E-state index in [0.717, 1.165) is 18.7 Å². The summed E-state index contributed by atoms with van der Waals surface area (Å²) in [5.41, 5.74) is 2.18. The summed E-state index contributed by atoms with van der Waals surface area (Å²) >= 11 is 1.83. The zero-order valence-electron chi connectivity index (χ0n) is 9.94. The quantitative estimate of drug-likeness (QED) is 0.851. The maximum absolute atomic E-state index is 9.05. The lowest BCUT2D eigenvalue weighted by molar-refractivity contribution is 0.281. The van der Waals surface area contributed by atoms with E-state index >= 15 is 0 Å². The topological polar surface area (TPSA) is 32.3 Å².